The van der Waals surface area contributed by atoms with Gasteiger partial charge in [0.05, 0.1) is 12.2 Å². The SMILES string of the molecule is O=S(=O)(CC(F)(F)F)N(Cc1ccc(Cl)nc1)c1cccc(Oc2ccccc2)c1. The van der Waals surface area contributed by atoms with E-state index in [9.17, 15) is 21.6 Å². The van der Waals surface area contributed by atoms with Crippen molar-refractivity contribution in [1.82, 2.24) is 4.98 Å². The van der Waals surface area contributed by atoms with E-state index in [4.69, 9.17) is 16.3 Å². The van der Waals surface area contributed by atoms with Crippen LogP contribution >= 0.6 is 11.6 Å². The Morgan fingerprint density at radius 3 is 2.30 bits per heavy atom. The predicted octanol–water partition coefficient (Wildman–Crippen LogP) is 5.43. The number of pyridine rings is 1. The summed E-state index contributed by atoms with van der Waals surface area (Å²) in [6.45, 7) is -0.350. The molecule has 0 bridgehead atoms. The fourth-order valence-electron chi connectivity index (χ4n) is 2.63. The third-order valence-corrected chi connectivity index (χ3v) is 5.81. The number of hydrogen-bond acceptors (Lipinski definition) is 4. The van der Waals surface area contributed by atoms with E-state index >= 15 is 0 Å². The fraction of sp³-hybridized carbons (Fsp3) is 0.150. The lowest BCUT2D eigenvalue weighted by Crippen LogP contribution is -2.37. The molecule has 0 spiro atoms. The van der Waals surface area contributed by atoms with Crippen molar-refractivity contribution in [2.75, 3.05) is 10.1 Å². The third kappa shape index (κ3) is 6.11. The lowest BCUT2D eigenvalue weighted by atomic mass is 10.2. The quantitative estimate of drug-likeness (QED) is 0.445. The Morgan fingerprint density at radius 2 is 1.67 bits per heavy atom. The first-order valence-electron chi connectivity index (χ1n) is 8.63. The summed E-state index contributed by atoms with van der Waals surface area (Å²) in [5.41, 5.74) is 0.405. The Kier molecular flexibility index (Phi) is 6.52. The number of halogens is 4. The molecule has 0 N–H and O–H groups in total. The fourth-order valence-corrected chi connectivity index (χ4v) is 4.09. The maximum atomic E-state index is 12.9. The highest BCUT2D eigenvalue weighted by molar-refractivity contribution is 7.92. The predicted molar refractivity (Wildman–Crippen MR) is 108 cm³/mol. The molecule has 0 fully saturated rings. The van der Waals surface area contributed by atoms with Crippen LogP contribution in [0.15, 0.2) is 72.9 Å². The zero-order valence-corrected chi connectivity index (χ0v) is 17.0. The van der Waals surface area contributed by atoms with Crippen LogP contribution in [0.2, 0.25) is 5.15 Å². The molecule has 1 heterocycles. The van der Waals surface area contributed by atoms with E-state index in [1.54, 1.807) is 36.4 Å². The number of alkyl halides is 3. The summed E-state index contributed by atoms with van der Waals surface area (Å²) in [4.78, 5) is 3.85. The smallest absolute Gasteiger partial charge is 0.404 e. The van der Waals surface area contributed by atoms with Gasteiger partial charge in [-0.15, -0.1) is 0 Å². The first-order chi connectivity index (χ1) is 14.1. The first kappa shape index (κ1) is 21.9. The number of para-hydroxylation sites is 1. The minimum absolute atomic E-state index is 0.0302. The number of nitrogens with zero attached hydrogens (tertiary/aromatic N) is 2. The second-order valence-electron chi connectivity index (χ2n) is 6.28. The van der Waals surface area contributed by atoms with Gasteiger partial charge in [-0.05, 0) is 35.9 Å². The number of anilines is 1. The van der Waals surface area contributed by atoms with E-state index in [1.165, 1.54) is 36.5 Å². The Labute approximate surface area is 176 Å². The van der Waals surface area contributed by atoms with Crippen LogP contribution in [0.5, 0.6) is 11.5 Å². The second kappa shape index (κ2) is 8.93. The van der Waals surface area contributed by atoms with Crippen LogP contribution in [0, 0.1) is 0 Å². The topological polar surface area (TPSA) is 59.5 Å². The number of hydrogen-bond donors (Lipinski definition) is 0. The number of aromatic nitrogens is 1. The highest BCUT2D eigenvalue weighted by Crippen LogP contribution is 2.30. The molecule has 0 radical (unpaired) electrons. The maximum absolute atomic E-state index is 12.9. The summed E-state index contributed by atoms with van der Waals surface area (Å²) >= 11 is 5.73. The highest BCUT2D eigenvalue weighted by Gasteiger charge is 2.38. The lowest BCUT2D eigenvalue weighted by Gasteiger charge is -2.25. The third-order valence-electron chi connectivity index (χ3n) is 3.88. The molecule has 158 valence electrons. The molecule has 30 heavy (non-hydrogen) atoms. The van der Waals surface area contributed by atoms with Crippen molar-refractivity contribution in [1.29, 1.82) is 0 Å². The molecule has 0 unspecified atom stereocenters. The number of sulfonamides is 1. The monoisotopic (exact) mass is 456 g/mol. The Bertz CT molecular complexity index is 1090. The van der Waals surface area contributed by atoms with Crippen LogP contribution in [0.1, 0.15) is 5.56 Å². The van der Waals surface area contributed by atoms with E-state index in [0.29, 0.717) is 15.6 Å². The van der Waals surface area contributed by atoms with Crippen LogP contribution in [-0.2, 0) is 16.6 Å². The summed E-state index contributed by atoms with van der Waals surface area (Å²) in [6, 6.07) is 17.5. The highest BCUT2D eigenvalue weighted by atomic mass is 35.5. The Balaban J connectivity index is 1.96. The number of ether oxygens (including phenoxy) is 1. The molecule has 0 aliphatic heterocycles. The van der Waals surface area contributed by atoms with Gasteiger partial charge in [-0.25, -0.2) is 13.4 Å². The van der Waals surface area contributed by atoms with E-state index in [1.807, 2.05) is 0 Å². The summed E-state index contributed by atoms with van der Waals surface area (Å²) in [7, 11) is -4.74. The van der Waals surface area contributed by atoms with Gasteiger partial charge in [-0.2, -0.15) is 13.2 Å². The maximum Gasteiger partial charge on any atom is 0.404 e. The van der Waals surface area contributed by atoms with Gasteiger partial charge in [0.2, 0.25) is 10.0 Å². The normalized spacial score (nSPS) is 11.9. The molecule has 0 aliphatic rings. The molecule has 2 aromatic carbocycles. The van der Waals surface area contributed by atoms with Gasteiger partial charge in [0.25, 0.3) is 0 Å². The average Bonchev–Trinajstić information content (AvgIpc) is 2.66. The molecular weight excluding hydrogens is 441 g/mol. The van der Waals surface area contributed by atoms with Gasteiger partial charge in [0.15, 0.2) is 5.75 Å². The molecule has 0 saturated heterocycles. The summed E-state index contributed by atoms with van der Waals surface area (Å²) in [5.74, 6) is -1.22. The van der Waals surface area contributed by atoms with Crippen LogP contribution in [0.3, 0.4) is 0 Å². The summed E-state index contributed by atoms with van der Waals surface area (Å²) in [5, 5.41) is 0.182. The van der Waals surface area contributed by atoms with Crippen molar-refractivity contribution in [3.05, 3.63) is 83.6 Å². The molecule has 0 atom stereocenters. The minimum atomic E-state index is -4.90. The number of rotatable bonds is 7. The van der Waals surface area contributed by atoms with Crippen LogP contribution in [-0.4, -0.2) is 25.3 Å². The van der Waals surface area contributed by atoms with Crippen molar-refractivity contribution >= 4 is 27.3 Å². The van der Waals surface area contributed by atoms with Crippen LogP contribution in [0.4, 0.5) is 18.9 Å². The molecule has 3 rings (SSSR count). The van der Waals surface area contributed by atoms with Gasteiger partial charge in [-0.1, -0.05) is 41.9 Å². The zero-order valence-electron chi connectivity index (χ0n) is 15.4. The Morgan fingerprint density at radius 1 is 0.967 bits per heavy atom. The molecule has 5 nitrogen and oxygen atoms in total. The molecular formula is C20H16ClF3N2O3S. The largest absolute Gasteiger partial charge is 0.457 e. The van der Waals surface area contributed by atoms with E-state index < -0.39 is 22.0 Å². The molecule has 0 saturated carbocycles. The second-order valence-corrected chi connectivity index (χ2v) is 8.56. The Hall–Kier alpha value is -2.78. The summed E-state index contributed by atoms with van der Waals surface area (Å²) in [6.07, 6.45) is -3.59. The van der Waals surface area contributed by atoms with Gasteiger partial charge < -0.3 is 4.74 Å². The van der Waals surface area contributed by atoms with Crippen molar-refractivity contribution in [3.63, 3.8) is 0 Å². The molecule has 0 aliphatic carbocycles. The molecule has 1 aromatic heterocycles. The van der Waals surface area contributed by atoms with E-state index in [2.05, 4.69) is 4.98 Å². The standard InChI is InChI=1S/C20H16ClF3N2O3S/c21-19-10-9-15(12-25-19)13-26(30(27,28)14-20(22,23)24)16-5-4-8-18(11-16)29-17-6-2-1-3-7-17/h1-12H,13-14H2. The van der Waals surface area contributed by atoms with Gasteiger partial charge in [0, 0.05) is 12.3 Å². The van der Waals surface area contributed by atoms with Crippen LogP contribution < -0.4 is 9.04 Å². The van der Waals surface area contributed by atoms with Crippen molar-refractivity contribution in [2.24, 2.45) is 0 Å². The number of benzene rings is 2. The molecule has 0 amide bonds. The summed E-state index contributed by atoms with van der Waals surface area (Å²) < 4.78 is 70.3. The lowest BCUT2D eigenvalue weighted by molar-refractivity contribution is -0.106. The van der Waals surface area contributed by atoms with Crippen molar-refractivity contribution in [3.8, 4) is 11.5 Å². The molecule has 10 heteroatoms. The minimum Gasteiger partial charge on any atom is -0.457 e. The van der Waals surface area contributed by atoms with Crippen molar-refractivity contribution < 1.29 is 26.3 Å². The first-order valence-corrected chi connectivity index (χ1v) is 10.6. The van der Waals surface area contributed by atoms with E-state index in [-0.39, 0.29) is 23.1 Å². The van der Waals surface area contributed by atoms with Crippen LogP contribution in [0.25, 0.3) is 0 Å². The molecule has 3 aromatic rings. The van der Waals surface area contributed by atoms with Gasteiger partial charge in [-0.3, -0.25) is 4.31 Å². The van der Waals surface area contributed by atoms with Crippen molar-refractivity contribution in [2.45, 2.75) is 12.7 Å². The average molecular weight is 457 g/mol. The van der Waals surface area contributed by atoms with E-state index in [0.717, 1.165) is 0 Å². The zero-order chi connectivity index (χ0) is 21.8. The van der Waals surface area contributed by atoms with Gasteiger partial charge >= 0.3 is 6.18 Å². The van der Waals surface area contributed by atoms with Gasteiger partial charge in [0.1, 0.15) is 16.7 Å².